The molecule has 0 aliphatic carbocycles. The average molecular weight is 395 g/mol. The predicted octanol–water partition coefficient (Wildman–Crippen LogP) is 2.96. The Morgan fingerprint density at radius 1 is 1.25 bits per heavy atom. The number of alkyl carbamates (subject to hydrolysis) is 1. The summed E-state index contributed by atoms with van der Waals surface area (Å²) < 4.78 is 12.1. The van der Waals surface area contributed by atoms with E-state index < -0.39 is 17.2 Å². The Morgan fingerprint density at radius 2 is 1.93 bits per heavy atom. The Balaban J connectivity index is 2.02. The predicted molar refractivity (Wildman–Crippen MR) is 107 cm³/mol. The van der Waals surface area contributed by atoms with Gasteiger partial charge in [0.05, 0.1) is 37.0 Å². The van der Waals surface area contributed by atoms with E-state index in [9.17, 15) is 9.59 Å². The van der Waals surface area contributed by atoms with Crippen LogP contribution in [-0.4, -0.2) is 52.7 Å². The first-order valence-electron chi connectivity index (χ1n) is 9.78. The van der Waals surface area contributed by atoms with Gasteiger partial charge in [0.2, 0.25) is 0 Å². The molecule has 1 aliphatic heterocycles. The van der Waals surface area contributed by atoms with Gasteiger partial charge in [-0.3, -0.25) is 9.48 Å². The molecule has 1 saturated heterocycles. The van der Waals surface area contributed by atoms with Gasteiger partial charge in [0, 0.05) is 18.8 Å². The number of methoxy groups -OCH3 is 1. The molecule has 1 fully saturated rings. The number of anilines is 1. The second-order valence-corrected chi connectivity index (χ2v) is 9.21. The number of amides is 1. The number of carbonyl (C=O) groups is 2. The summed E-state index contributed by atoms with van der Waals surface area (Å²) in [5, 5.41) is 7.34. The van der Waals surface area contributed by atoms with E-state index in [-0.39, 0.29) is 11.9 Å². The molecule has 2 heterocycles. The standard InChI is InChI=1S/C20H34N4O4/c1-14-8-9-15(17(25)27-7)11-24(14)16-10-21-23(12-16)13-20(5,6)22-18(26)28-19(2,3)4/h10,12,14-15H,8-9,11,13H2,1-7H3,(H,22,26)/t14-,15+/m1/s1. The number of hydrogen-bond donors (Lipinski definition) is 1. The van der Waals surface area contributed by atoms with Gasteiger partial charge in [-0.15, -0.1) is 0 Å². The van der Waals surface area contributed by atoms with Gasteiger partial charge in [-0.2, -0.15) is 5.10 Å². The fraction of sp³-hybridized carbons (Fsp3) is 0.750. The van der Waals surface area contributed by atoms with E-state index in [4.69, 9.17) is 9.47 Å². The zero-order valence-corrected chi connectivity index (χ0v) is 18.1. The molecule has 1 aromatic rings. The lowest BCUT2D eigenvalue weighted by atomic mass is 9.93. The van der Waals surface area contributed by atoms with Gasteiger partial charge in [0.15, 0.2) is 0 Å². The van der Waals surface area contributed by atoms with E-state index in [1.54, 1.807) is 10.9 Å². The van der Waals surface area contributed by atoms with Gasteiger partial charge in [-0.05, 0) is 54.4 Å². The Bertz CT molecular complexity index is 693. The highest BCUT2D eigenvalue weighted by atomic mass is 16.6. The smallest absolute Gasteiger partial charge is 0.408 e. The molecule has 1 N–H and O–H groups in total. The second-order valence-electron chi connectivity index (χ2n) is 9.21. The van der Waals surface area contributed by atoms with Crippen molar-refractivity contribution in [2.45, 2.75) is 78.1 Å². The molecule has 0 spiro atoms. The molecular weight excluding hydrogens is 360 g/mol. The lowest BCUT2D eigenvalue weighted by Crippen LogP contribution is -2.48. The molecule has 8 nitrogen and oxygen atoms in total. The molecule has 8 heteroatoms. The van der Waals surface area contributed by atoms with E-state index in [2.05, 4.69) is 22.2 Å². The van der Waals surface area contributed by atoms with Crippen LogP contribution < -0.4 is 10.2 Å². The molecule has 1 aliphatic rings. The SMILES string of the molecule is COC(=O)[C@H]1CC[C@@H](C)N(c2cnn(CC(C)(C)NC(=O)OC(C)(C)C)c2)C1. The minimum absolute atomic E-state index is 0.116. The van der Waals surface area contributed by atoms with Crippen molar-refractivity contribution in [2.24, 2.45) is 5.92 Å². The number of rotatable bonds is 5. The van der Waals surface area contributed by atoms with Crippen molar-refractivity contribution in [3.8, 4) is 0 Å². The summed E-state index contributed by atoms with van der Waals surface area (Å²) in [6, 6.07) is 0.325. The first kappa shape index (κ1) is 22.0. The lowest BCUT2D eigenvalue weighted by Gasteiger charge is -2.37. The third-order valence-corrected chi connectivity index (χ3v) is 4.76. The summed E-state index contributed by atoms with van der Waals surface area (Å²) in [5.74, 6) is -0.276. The number of hydrogen-bond acceptors (Lipinski definition) is 6. The van der Waals surface area contributed by atoms with E-state index in [0.29, 0.717) is 19.1 Å². The number of nitrogens with one attached hydrogen (secondary N) is 1. The zero-order chi connectivity index (χ0) is 21.1. The maximum Gasteiger partial charge on any atom is 0.408 e. The van der Waals surface area contributed by atoms with Crippen LogP contribution in [0.15, 0.2) is 12.4 Å². The number of esters is 1. The van der Waals surface area contributed by atoms with E-state index >= 15 is 0 Å². The molecule has 0 bridgehead atoms. The Labute approximate surface area is 167 Å². The van der Waals surface area contributed by atoms with Crippen molar-refractivity contribution >= 4 is 17.7 Å². The fourth-order valence-electron chi connectivity index (χ4n) is 3.44. The van der Waals surface area contributed by atoms with Crippen molar-refractivity contribution in [1.29, 1.82) is 0 Å². The molecule has 2 rings (SSSR count). The average Bonchev–Trinajstić information content (AvgIpc) is 2.99. The van der Waals surface area contributed by atoms with Crippen molar-refractivity contribution in [2.75, 3.05) is 18.6 Å². The van der Waals surface area contributed by atoms with E-state index in [0.717, 1.165) is 18.5 Å². The van der Waals surface area contributed by atoms with Gasteiger partial charge in [-0.1, -0.05) is 0 Å². The van der Waals surface area contributed by atoms with Crippen LogP contribution in [0.25, 0.3) is 0 Å². The highest BCUT2D eigenvalue weighted by Gasteiger charge is 2.32. The van der Waals surface area contributed by atoms with E-state index in [1.165, 1.54) is 7.11 Å². The normalized spacial score (nSPS) is 20.6. The summed E-state index contributed by atoms with van der Waals surface area (Å²) in [6.45, 7) is 12.6. The van der Waals surface area contributed by atoms with Crippen molar-refractivity contribution < 1.29 is 19.1 Å². The molecule has 158 valence electrons. The number of ether oxygens (including phenoxy) is 2. The van der Waals surface area contributed by atoms with Gasteiger partial charge in [0.25, 0.3) is 0 Å². The molecule has 0 unspecified atom stereocenters. The third-order valence-electron chi connectivity index (χ3n) is 4.76. The van der Waals surface area contributed by atoms with Gasteiger partial charge in [-0.25, -0.2) is 4.79 Å². The molecule has 28 heavy (non-hydrogen) atoms. The minimum atomic E-state index is -0.542. The van der Waals surface area contributed by atoms with Crippen LogP contribution in [0, 0.1) is 5.92 Å². The van der Waals surface area contributed by atoms with Crippen LogP contribution in [0.2, 0.25) is 0 Å². The maximum absolute atomic E-state index is 12.1. The number of nitrogens with zero attached hydrogens (tertiary/aromatic N) is 3. The van der Waals surface area contributed by atoms with E-state index in [1.807, 2.05) is 40.8 Å². The van der Waals surface area contributed by atoms with Crippen molar-refractivity contribution in [3.63, 3.8) is 0 Å². The van der Waals surface area contributed by atoms with Crippen molar-refractivity contribution in [3.05, 3.63) is 12.4 Å². The molecule has 0 aromatic carbocycles. The fourth-order valence-corrected chi connectivity index (χ4v) is 3.44. The first-order chi connectivity index (χ1) is 12.9. The monoisotopic (exact) mass is 394 g/mol. The highest BCUT2D eigenvalue weighted by Crippen LogP contribution is 2.28. The highest BCUT2D eigenvalue weighted by molar-refractivity contribution is 5.73. The molecule has 0 saturated carbocycles. The van der Waals surface area contributed by atoms with Crippen LogP contribution in [0.3, 0.4) is 0 Å². The van der Waals surface area contributed by atoms with Crippen LogP contribution in [0.5, 0.6) is 0 Å². The Morgan fingerprint density at radius 3 is 2.54 bits per heavy atom. The number of piperidine rings is 1. The quantitative estimate of drug-likeness (QED) is 0.773. The number of aromatic nitrogens is 2. The summed E-state index contributed by atoms with van der Waals surface area (Å²) >= 11 is 0. The number of carbonyl (C=O) groups excluding carboxylic acids is 2. The lowest BCUT2D eigenvalue weighted by molar-refractivity contribution is -0.145. The molecule has 2 atom stereocenters. The zero-order valence-electron chi connectivity index (χ0n) is 18.1. The Kier molecular flexibility index (Phi) is 6.62. The maximum atomic E-state index is 12.1. The molecular formula is C20H34N4O4. The summed E-state index contributed by atoms with van der Waals surface area (Å²) in [7, 11) is 1.43. The summed E-state index contributed by atoms with van der Waals surface area (Å²) in [5.41, 5.74) is -0.109. The minimum Gasteiger partial charge on any atom is -0.469 e. The summed E-state index contributed by atoms with van der Waals surface area (Å²) in [6.07, 6.45) is 5.08. The van der Waals surface area contributed by atoms with Crippen molar-refractivity contribution in [1.82, 2.24) is 15.1 Å². The Hall–Kier alpha value is -2.25. The first-order valence-corrected chi connectivity index (χ1v) is 9.78. The van der Waals surface area contributed by atoms with Crippen LogP contribution in [0.1, 0.15) is 54.4 Å². The topological polar surface area (TPSA) is 85.7 Å². The van der Waals surface area contributed by atoms with Gasteiger partial charge < -0.3 is 19.7 Å². The largest absolute Gasteiger partial charge is 0.469 e. The molecule has 0 radical (unpaired) electrons. The van der Waals surface area contributed by atoms with Gasteiger partial charge >= 0.3 is 12.1 Å². The van der Waals surface area contributed by atoms with Crippen LogP contribution >= 0.6 is 0 Å². The third kappa shape index (κ3) is 6.14. The second kappa shape index (κ2) is 8.41. The molecule has 1 aromatic heterocycles. The molecule has 1 amide bonds. The summed E-state index contributed by atoms with van der Waals surface area (Å²) in [4.78, 5) is 26.2. The van der Waals surface area contributed by atoms with Gasteiger partial charge in [0.1, 0.15) is 5.60 Å². The van der Waals surface area contributed by atoms with Crippen LogP contribution in [0.4, 0.5) is 10.5 Å². The van der Waals surface area contributed by atoms with Crippen LogP contribution in [-0.2, 0) is 20.8 Å².